The molecule has 120 valence electrons. The zero-order chi connectivity index (χ0) is 15.3. The van der Waals surface area contributed by atoms with Crippen molar-refractivity contribution >= 4 is 15.8 Å². The fraction of sp³-hybridized carbons (Fsp3) is 0.933. The van der Waals surface area contributed by atoms with Gasteiger partial charge in [-0.3, -0.25) is 4.79 Å². The SMILES string of the molecule is CCCCCCCCCCS(=O)(=O)CCC(=O)OCC. The van der Waals surface area contributed by atoms with Crippen molar-refractivity contribution in [3.8, 4) is 0 Å². The van der Waals surface area contributed by atoms with Gasteiger partial charge >= 0.3 is 5.97 Å². The van der Waals surface area contributed by atoms with Crippen LogP contribution in [0.1, 0.15) is 71.6 Å². The Morgan fingerprint density at radius 3 is 1.95 bits per heavy atom. The van der Waals surface area contributed by atoms with Crippen molar-refractivity contribution in [1.82, 2.24) is 0 Å². The quantitative estimate of drug-likeness (QED) is 0.386. The van der Waals surface area contributed by atoms with Crippen molar-refractivity contribution in [2.75, 3.05) is 18.1 Å². The molecule has 0 unspecified atom stereocenters. The molecule has 4 nitrogen and oxygen atoms in total. The molecule has 0 N–H and O–H groups in total. The molecule has 0 aliphatic rings. The number of hydrogen-bond donors (Lipinski definition) is 0. The Labute approximate surface area is 124 Å². The number of sulfone groups is 1. The third-order valence-electron chi connectivity index (χ3n) is 3.23. The first-order valence-electron chi connectivity index (χ1n) is 7.88. The minimum absolute atomic E-state index is 0.0206. The van der Waals surface area contributed by atoms with Crippen LogP contribution >= 0.6 is 0 Å². The van der Waals surface area contributed by atoms with E-state index in [0.29, 0.717) is 13.0 Å². The van der Waals surface area contributed by atoms with Crippen molar-refractivity contribution < 1.29 is 17.9 Å². The lowest BCUT2D eigenvalue weighted by Crippen LogP contribution is -2.16. The van der Waals surface area contributed by atoms with Crippen molar-refractivity contribution in [2.45, 2.75) is 71.6 Å². The molecule has 0 heterocycles. The van der Waals surface area contributed by atoms with Crippen LogP contribution in [0.25, 0.3) is 0 Å². The van der Waals surface area contributed by atoms with E-state index >= 15 is 0 Å². The molecule has 0 saturated heterocycles. The molecule has 0 amide bonds. The number of esters is 1. The number of carbonyl (C=O) groups excluding carboxylic acids is 1. The van der Waals surface area contributed by atoms with Gasteiger partial charge in [-0.15, -0.1) is 0 Å². The fourth-order valence-electron chi connectivity index (χ4n) is 2.03. The zero-order valence-electron chi connectivity index (χ0n) is 13.0. The monoisotopic (exact) mass is 306 g/mol. The Hall–Kier alpha value is -0.580. The Balaban J connectivity index is 3.55. The molecule has 0 rings (SSSR count). The van der Waals surface area contributed by atoms with E-state index in [0.717, 1.165) is 12.8 Å². The minimum Gasteiger partial charge on any atom is -0.466 e. The van der Waals surface area contributed by atoms with Crippen LogP contribution in [-0.2, 0) is 19.4 Å². The molecule has 0 aliphatic carbocycles. The first-order valence-corrected chi connectivity index (χ1v) is 9.70. The first kappa shape index (κ1) is 19.4. The van der Waals surface area contributed by atoms with Crippen molar-refractivity contribution in [3.05, 3.63) is 0 Å². The smallest absolute Gasteiger partial charge is 0.306 e. The maximum atomic E-state index is 11.7. The Kier molecular flexibility index (Phi) is 11.8. The molecule has 0 radical (unpaired) electrons. The van der Waals surface area contributed by atoms with Gasteiger partial charge in [-0.1, -0.05) is 51.9 Å². The van der Waals surface area contributed by atoms with Gasteiger partial charge in [0.2, 0.25) is 0 Å². The number of unbranched alkanes of at least 4 members (excludes halogenated alkanes) is 7. The molecule has 0 aromatic carbocycles. The predicted molar refractivity (Wildman–Crippen MR) is 82.5 cm³/mol. The van der Waals surface area contributed by atoms with Gasteiger partial charge < -0.3 is 4.74 Å². The Morgan fingerprint density at radius 1 is 0.850 bits per heavy atom. The van der Waals surface area contributed by atoms with E-state index in [1.54, 1.807) is 6.92 Å². The average molecular weight is 306 g/mol. The second-order valence-corrected chi connectivity index (χ2v) is 7.49. The summed E-state index contributed by atoms with van der Waals surface area (Å²) in [6.07, 6.45) is 9.04. The van der Waals surface area contributed by atoms with Crippen LogP contribution in [0, 0.1) is 0 Å². The van der Waals surface area contributed by atoms with Gasteiger partial charge in [0.25, 0.3) is 0 Å². The van der Waals surface area contributed by atoms with Crippen LogP contribution in [0.3, 0.4) is 0 Å². The van der Waals surface area contributed by atoms with Gasteiger partial charge in [0.1, 0.15) is 0 Å². The summed E-state index contributed by atoms with van der Waals surface area (Å²) in [6, 6.07) is 0. The van der Waals surface area contributed by atoms with Crippen LogP contribution in [0.15, 0.2) is 0 Å². The summed E-state index contributed by atoms with van der Waals surface area (Å²) in [5.74, 6) is -0.309. The van der Waals surface area contributed by atoms with Crippen molar-refractivity contribution in [2.24, 2.45) is 0 Å². The highest BCUT2D eigenvalue weighted by Crippen LogP contribution is 2.09. The Bertz CT molecular complexity index is 336. The summed E-state index contributed by atoms with van der Waals surface area (Å²) in [4.78, 5) is 11.1. The number of carbonyl (C=O) groups is 1. The molecule has 0 aromatic rings. The molecule has 5 heteroatoms. The molecular formula is C15H30O4S. The molecule has 0 bridgehead atoms. The molecule has 20 heavy (non-hydrogen) atoms. The summed E-state index contributed by atoms with van der Waals surface area (Å²) in [5.41, 5.74) is 0. The first-order chi connectivity index (χ1) is 9.52. The van der Waals surface area contributed by atoms with E-state index in [4.69, 9.17) is 4.74 Å². The molecular weight excluding hydrogens is 276 g/mol. The fourth-order valence-corrected chi connectivity index (χ4v) is 3.36. The molecule has 0 aliphatic heterocycles. The number of ether oxygens (including phenoxy) is 1. The summed E-state index contributed by atoms with van der Waals surface area (Å²) in [5, 5.41) is 0. The molecule has 0 fully saturated rings. The second-order valence-electron chi connectivity index (χ2n) is 5.18. The van der Waals surface area contributed by atoms with E-state index in [-0.39, 0.29) is 17.9 Å². The van der Waals surface area contributed by atoms with Crippen molar-refractivity contribution in [3.63, 3.8) is 0 Å². The standard InChI is InChI=1S/C15H30O4S/c1-3-5-6-7-8-9-10-11-13-20(17,18)14-12-15(16)19-4-2/h3-14H2,1-2H3. The maximum Gasteiger partial charge on any atom is 0.306 e. The third kappa shape index (κ3) is 12.5. The lowest BCUT2D eigenvalue weighted by atomic mass is 10.1. The molecule has 0 saturated carbocycles. The van der Waals surface area contributed by atoms with Crippen LogP contribution < -0.4 is 0 Å². The van der Waals surface area contributed by atoms with Gasteiger partial charge in [-0.05, 0) is 13.3 Å². The highest BCUT2D eigenvalue weighted by molar-refractivity contribution is 7.91. The van der Waals surface area contributed by atoms with E-state index in [1.807, 2.05) is 0 Å². The van der Waals surface area contributed by atoms with Gasteiger partial charge in [0.15, 0.2) is 9.84 Å². The highest BCUT2D eigenvalue weighted by atomic mass is 32.2. The van der Waals surface area contributed by atoms with Crippen LogP contribution in [-0.4, -0.2) is 32.5 Å². The third-order valence-corrected chi connectivity index (χ3v) is 4.97. The lowest BCUT2D eigenvalue weighted by molar-refractivity contribution is -0.142. The summed E-state index contributed by atoms with van der Waals surface area (Å²) < 4.78 is 28.1. The van der Waals surface area contributed by atoms with Crippen LogP contribution in [0.2, 0.25) is 0 Å². The summed E-state index contributed by atoms with van der Waals surface area (Å²) in [6.45, 7) is 4.21. The maximum absolute atomic E-state index is 11.7. The lowest BCUT2D eigenvalue weighted by Gasteiger charge is -2.05. The van der Waals surface area contributed by atoms with E-state index in [9.17, 15) is 13.2 Å². The van der Waals surface area contributed by atoms with Crippen molar-refractivity contribution in [1.29, 1.82) is 0 Å². The molecule has 0 spiro atoms. The van der Waals surface area contributed by atoms with E-state index < -0.39 is 15.8 Å². The predicted octanol–water partition coefficient (Wildman–Crippen LogP) is 3.50. The number of hydrogen-bond acceptors (Lipinski definition) is 4. The Morgan fingerprint density at radius 2 is 1.40 bits per heavy atom. The normalized spacial score (nSPS) is 11.5. The topological polar surface area (TPSA) is 60.4 Å². The number of rotatable bonds is 13. The average Bonchev–Trinajstić information content (AvgIpc) is 2.40. The van der Waals surface area contributed by atoms with Gasteiger partial charge in [0, 0.05) is 0 Å². The van der Waals surface area contributed by atoms with Gasteiger partial charge in [0.05, 0.1) is 24.5 Å². The van der Waals surface area contributed by atoms with Crippen LogP contribution in [0.4, 0.5) is 0 Å². The summed E-state index contributed by atoms with van der Waals surface area (Å²) >= 11 is 0. The van der Waals surface area contributed by atoms with Gasteiger partial charge in [-0.25, -0.2) is 8.42 Å². The molecule has 0 atom stereocenters. The van der Waals surface area contributed by atoms with E-state index in [1.165, 1.54) is 32.1 Å². The minimum atomic E-state index is -3.10. The second kappa shape index (κ2) is 12.2. The highest BCUT2D eigenvalue weighted by Gasteiger charge is 2.13. The van der Waals surface area contributed by atoms with Gasteiger partial charge in [-0.2, -0.15) is 0 Å². The summed E-state index contributed by atoms with van der Waals surface area (Å²) in [7, 11) is -3.10. The van der Waals surface area contributed by atoms with Crippen LogP contribution in [0.5, 0.6) is 0 Å². The zero-order valence-corrected chi connectivity index (χ0v) is 13.8. The van der Waals surface area contributed by atoms with E-state index in [2.05, 4.69) is 6.92 Å². The largest absolute Gasteiger partial charge is 0.466 e. The molecule has 0 aromatic heterocycles.